The third-order valence-electron chi connectivity index (χ3n) is 4.35. The summed E-state index contributed by atoms with van der Waals surface area (Å²) in [5.41, 5.74) is 1.11. The van der Waals surface area contributed by atoms with Gasteiger partial charge in [-0.15, -0.1) is 0 Å². The van der Waals surface area contributed by atoms with E-state index in [2.05, 4.69) is 0 Å². The summed E-state index contributed by atoms with van der Waals surface area (Å²) in [5, 5.41) is 10.6. The fourth-order valence-corrected chi connectivity index (χ4v) is 3.05. The summed E-state index contributed by atoms with van der Waals surface area (Å²) in [6, 6.07) is 5.87. The number of ether oxygens (including phenoxy) is 1. The minimum Gasteiger partial charge on any atom is -0.496 e. The van der Waals surface area contributed by atoms with Crippen molar-refractivity contribution in [2.45, 2.75) is 24.7 Å². The van der Waals surface area contributed by atoms with Crippen LogP contribution in [0.4, 0.5) is 0 Å². The summed E-state index contributed by atoms with van der Waals surface area (Å²) in [4.78, 5) is 11.7. The molecule has 1 aromatic carbocycles. The zero-order valence-corrected chi connectivity index (χ0v) is 11.1. The van der Waals surface area contributed by atoms with Crippen LogP contribution in [0.5, 0.6) is 5.75 Å². The molecule has 19 heavy (non-hydrogen) atoms. The van der Waals surface area contributed by atoms with Crippen molar-refractivity contribution in [1.82, 2.24) is 4.57 Å². The van der Waals surface area contributed by atoms with Crippen LogP contribution in [0.25, 0.3) is 10.9 Å². The Hall–Kier alpha value is -1.97. The molecule has 0 radical (unpaired) electrons. The highest BCUT2D eigenvalue weighted by atomic mass is 16.5. The van der Waals surface area contributed by atoms with Crippen LogP contribution in [-0.2, 0) is 17.3 Å². The van der Waals surface area contributed by atoms with Crippen molar-refractivity contribution in [1.29, 1.82) is 0 Å². The number of rotatable bonds is 3. The number of carbonyl (C=O) groups is 1. The molecule has 0 amide bonds. The first-order valence-corrected chi connectivity index (χ1v) is 6.46. The van der Waals surface area contributed by atoms with Gasteiger partial charge in [-0.25, -0.2) is 0 Å². The maximum absolute atomic E-state index is 11.7. The summed E-state index contributed by atoms with van der Waals surface area (Å²) in [5.74, 6) is -0.0347. The molecule has 1 saturated carbocycles. The number of aromatic nitrogens is 1. The molecular weight excluding hydrogens is 242 g/mol. The molecule has 4 nitrogen and oxygen atoms in total. The summed E-state index contributed by atoms with van der Waals surface area (Å²) >= 11 is 0. The average molecular weight is 259 g/mol. The molecule has 4 heteroatoms. The second kappa shape index (κ2) is 4.02. The van der Waals surface area contributed by atoms with E-state index < -0.39 is 11.4 Å². The standard InChI is InChI=1S/C15H17NO3/c1-16-9-6-10-12(16)5-4-11(13(10)19-2)15(14(17)18)7-3-8-15/h4-6,9H,3,7-8H2,1-2H3,(H,17,18). The lowest BCUT2D eigenvalue weighted by Crippen LogP contribution is -2.42. The van der Waals surface area contributed by atoms with Gasteiger partial charge >= 0.3 is 5.97 Å². The third-order valence-corrected chi connectivity index (χ3v) is 4.35. The van der Waals surface area contributed by atoms with Gasteiger partial charge in [-0.1, -0.05) is 12.5 Å². The second-order valence-corrected chi connectivity index (χ2v) is 5.25. The summed E-state index contributed by atoms with van der Waals surface area (Å²) < 4.78 is 7.54. The lowest BCUT2D eigenvalue weighted by molar-refractivity contribution is -0.147. The highest BCUT2D eigenvalue weighted by Crippen LogP contribution is 2.49. The maximum Gasteiger partial charge on any atom is 0.314 e. The van der Waals surface area contributed by atoms with Crippen molar-refractivity contribution >= 4 is 16.9 Å². The largest absolute Gasteiger partial charge is 0.496 e. The Balaban J connectivity index is 2.27. The van der Waals surface area contributed by atoms with E-state index in [1.807, 2.05) is 36.0 Å². The number of aryl methyl sites for hydroxylation is 1. The Kier molecular flexibility index (Phi) is 2.55. The van der Waals surface area contributed by atoms with E-state index in [-0.39, 0.29) is 0 Å². The predicted octanol–water partition coefficient (Wildman–Crippen LogP) is 2.69. The molecular formula is C15H17NO3. The lowest BCUT2D eigenvalue weighted by atomic mass is 9.64. The highest BCUT2D eigenvalue weighted by Gasteiger charge is 2.48. The number of carboxylic acid groups (broad SMARTS) is 1. The van der Waals surface area contributed by atoms with Gasteiger partial charge in [0.1, 0.15) is 5.75 Å². The number of methoxy groups -OCH3 is 1. The second-order valence-electron chi connectivity index (χ2n) is 5.25. The normalized spacial score (nSPS) is 17.2. The molecule has 1 aliphatic rings. The monoisotopic (exact) mass is 259 g/mol. The van der Waals surface area contributed by atoms with E-state index in [0.29, 0.717) is 18.6 Å². The smallest absolute Gasteiger partial charge is 0.314 e. The first-order chi connectivity index (χ1) is 9.10. The molecule has 2 aromatic rings. The van der Waals surface area contributed by atoms with Crippen molar-refractivity contribution in [3.05, 3.63) is 30.0 Å². The van der Waals surface area contributed by atoms with Crippen LogP contribution < -0.4 is 4.74 Å². The number of hydrogen-bond donors (Lipinski definition) is 1. The third kappa shape index (κ3) is 1.49. The van der Waals surface area contributed by atoms with Crippen molar-refractivity contribution < 1.29 is 14.6 Å². The van der Waals surface area contributed by atoms with Gasteiger partial charge in [-0.05, 0) is 25.0 Å². The number of fused-ring (bicyclic) bond motifs is 1. The minimum atomic E-state index is -0.755. The van der Waals surface area contributed by atoms with Gasteiger partial charge in [-0.2, -0.15) is 0 Å². The molecule has 1 fully saturated rings. The van der Waals surface area contributed by atoms with Crippen LogP contribution in [0.2, 0.25) is 0 Å². The predicted molar refractivity (Wildman–Crippen MR) is 72.6 cm³/mol. The van der Waals surface area contributed by atoms with Crippen LogP contribution in [0, 0.1) is 0 Å². The van der Waals surface area contributed by atoms with Gasteiger partial charge in [0.25, 0.3) is 0 Å². The molecule has 0 unspecified atom stereocenters. The number of aliphatic carboxylic acids is 1. The zero-order chi connectivity index (χ0) is 13.6. The van der Waals surface area contributed by atoms with Crippen molar-refractivity contribution in [2.24, 2.45) is 7.05 Å². The van der Waals surface area contributed by atoms with Crippen molar-refractivity contribution in [3.63, 3.8) is 0 Å². The van der Waals surface area contributed by atoms with Gasteiger partial charge in [0.2, 0.25) is 0 Å². The number of carboxylic acids is 1. The van der Waals surface area contributed by atoms with Crippen LogP contribution in [0.15, 0.2) is 24.4 Å². The molecule has 0 atom stereocenters. The van der Waals surface area contributed by atoms with E-state index in [1.165, 1.54) is 0 Å². The van der Waals surface area contributed by atoms with Gasteiger partial charge in [0.15, 0.2) is 0 Å². The molecule has 1 heterocycles. The number of hydrogen-bond acceptors (Lipinski definition) is 2. The quantitative estimate of drug-likeness (QED) is 0.922. The fraction of sp³-hybridized carbons (Fsp3) is 0.400. The Morgan fingerprint density at radius 2 is 2.11 bits per heavy atom. The Labute approximate surface area is 111 Å². The van der Waals surface area contributed by atoms with Gasteiger partial charge < -0.3 is 14.4 Å². The summed E-state index contributed by atoms with van der Waals surface area (Å²) in [7, 11) is 3.58. The van der Waals surface area contributed by atoms with E-state index in [1.54, 1.807) is 7.11 Å². The molecule has 3 rings (SSSR count). The molecule has 1 N–H and O–H groups in total. The first-order valence-electron chi connectivity index (χ1n) is 6.46. The van der Waals surface area contributed by atoms with E-state index in [4.69, 9.17) is 4.74 Å². The topological polar surface area (TPSA) is 51.5 Å². The number of benzene rings is 1. The van der Waals surface area contributed by atoms with Crippen LogP contribution in [0.1, 0.15) is 24.8 Å². The molecule has 0 aliphatic heterocycles. The van der Waals surface area contributed by atoms with Gasteiger partial charge in [0, 0.05) is 24.2 Å². The molecule has 0 saturated heterocycles. The Morgan fingerprint density at radius 1 is 1.37 bits per heavy atom. The summed E-state index contributed by atoms with van der Waals surface area (Å²) in [6.45, 7) is 0. The van der Waals surface area contributed by atoms with E-state index in [0.717, 1.165) is 22.9 Å². The Morgan fingerprint density at radius 3 is 2.63 bits per heavy atom. The molecule has 1 aromatic heterocycles. The number of nitrogens with zero attached hydrogens (tertiary/aromatic N) is 1. The van der Waals surface area contributed by atoms with Crippen LogP contribution >= 0.6 is 0 Å². The average Bonchev–Trinajstić information content (AvgIpc) is 2.69. The maximum atomic E-state index is 11.7. The van der Waals surface area contributed by atoms with Crippen molar-refractivity contribution in [2.75, 3.05) is 7.11 Å². The zero-order valence-electron chi connectivity index (χ0n) is 11.1. The van der Waals surface area contributed by atoms with Crippen molar-refractivity contribution in [3.8, 4) is 5.75 Å². The summed E-state index contributed by atoms with van der Waals surface area (Å²) in [6.07, 6.45) is 4.31. The van der Waals surface area contributed by atoms with E-state index in [9.17, 15) is 9.90 Å². The SMILES string of the molecule is COc1c(C2(C(=O)O)CCC2)ccc2c1ccn2C. The lowest BCUT2D eigenvalue weighted by Gasteiger charge is -2.39. The molecule has 1 aliphatic carbocycles. The first kappa shape index (κ1) is 12.1. The highest BCUT2D eigenvalue weighted by molar-refractivity contribution is 5.92. The molecule has 100 valence electrons. The van der Waals surface area contributed by atoms with Gasteiger partial charge in [-0.3, -0.25) is 4.79 Å². The van der Waals surface area contributed by atoms with E-state index >= 15 is 0 Å². The molecule has 0 bridgehead atoms. The minimum absolute atomic E-state index is 0.692. The fourth-order valence-electron chi connectivity index (χ4n) is 3.05. The van der Waals surface area contributed by atoms with Crippen LogP contribution in [0.3, 0.4) is 0 Å². The Bertz CT molecular complexity index is 653. The van der Waals surface area contributed by atoms with Gasteiger partial charge in [0.05, 0.1) is 18.0 Å². The molecule has 0 spiro atoms. The van der Waals surface area contributed by atoms with Crippen LogP contribution in [-0.4, -0.2) is 22.8 Å².